The van der Waals surface area contributed by atoms with Crippen molar-refractivity contribution in [2.24, 2.45) is 0 Å². The van der Waals surface area contributed by atoms with E-state index in [1.165, 1.54) is 25.7 Å². The Balaban J connectivity index is 0.911. The van der Waals surface area contributed by atoms with Gasteiger partial charge in [0.2, 0.25) is 0 Å². The van der Waals surface area contributed by atoms with Crippen molar-refractivity contribution in [1.29, 1.82) is 0 Å². The molecular formula is C54H34N6S. The molecule has 11 aromatic rings. The molecule has 0 atom stereocenters. The molecule has 0 N–H and O–H groups in total. The lowest BCUT2D eigenvalue weighted by atomic mass is 9.99. The highest BCUT2D eigenvalue weighted by Gasteiger charge is 2.16. The van der Waals surface area contributed by atoms with Gasteiger partial charge in [0.05, 0.1) is 0 Å². The summed E-state index contributed by atoms with van der Waals surface area (Å²) in [5.41, 5.74) is 10.3. The van der Waals surface area contributed by atoms with Crippen molar-refractivity contribution in [3.05, 3.63) is 206 Å². The van der Waals surface area contributed by atoms with Crippen LogP contribution in [0.5, 0.6) is 0 Å². The molecule has 0 saturated carbocycles. The Bertz CT molecular complexity index is 3200. The van der Waals surface area contributed by atoms with Gasteiger partial charge in [0.25, 0.3) is 0 Å². The molecule has 3 heterocycles. The minimum Gasteiger partial charge on any atom is -0.208 e. The predicted molar refractivity (Wildman–Crippen MR) is 250 cm³/mol. The Morgan fingerprint density at radius 1 is 0.246 bits per heavy atom. The molecule has 0 amide bonds. The summed E-state index contributed by atoms with van der Waals surface area (Å²) >= 11 is 1.83. The van der Waals surface area contributed by atoms with E-state index in [0.29, 0.717) is 34.9 Å². The summed E-state index contributed by atoms with van der Waals surface area (Å²) in [6.45, 7) is 0. The summed E-state index contributed by atoms with van der Waals surface area (Å²) in [5.74, 6) is 3.88. The van der Waals surface area contributed by atoms with E-state index in [9.17, 15) is 0 Å². The van der Waals surface area contributed by atoms with E-state index in [2.05, 4.69) is 84.9 Å². The highest BCUT2D eigenvalue weighted by atomic mass is 32.1. The lowest BCUT2D eigenvalue weighted by Crippen LogP contribution is -2.00. The van der Waals surface area contributed by atoms with Crippen molar-refractivity contribution in [3.8, 4) is 90.6 Å². The van der Waals surface area contributed by atoms with Gasteiger partial charge >= 0.3 is 0 Å². The molecule has 0 aliphatic rings. The van der Waals surface area contributed by atoms with Crippen LogP contribution in [-0.2, 0) is 0 Å². The quantitative estimate of drug-likeness (QED) is 0.152. The zero-order chi connectivity index (χ0) is 40.5. The largest absolute Gasteiger partial charge is 0.208 e. The topological polar surface area (TPSA) is 77.3 Å². The number of hydrogen-bond donors (Lipinski definition) is 0. The fourth-order valence-electron chi connectivity index (χ4n) is 7.69. The molecule has 6 nitrogen and oxygen atoms in total. The fraction of sp³-hybridized carbons (Fsp3) is 0. The van der Waals surface area contributed by atoms with Gasteiger partial charge in [0, 0.05) is 53.6 Å². The van der Waals surface area contributed by atoms with E-state index >= 15 is 0 Å². The van der Waals surface area contributed by atoms with Crippen LogP contribution in [0.25, 0.3) is 111 Å². The summed E-state index contributed by atoms with van der Waals surface area (Å²) < 4.78 is 2.51. The molecule has 0 spiro atoms. The third kappa shape index (κ3) is 7.13. The van der Waals surface area contributed by atoms with Gasteiger partial charge in [-0.1, -0.05) is 194 Å². The maximum absolute atomic E-state index is 4.93. The first-order valence-electron chi connectivity index (χ1n) is 20.1. The highest BCUT2D eigenvalue weighted by Crippen LogP contribution is 2.42. The standard InChI is InChI=1S/C54H34N6S/c1-5-14-37(15-6-1)49-55-50(38-16-7-2-8-17-38)58-53(57-49)41-28-24-35(25-29-41)43-32-33-47-46(34-43)45-23-13-22-44(48(45)61-47)36-26-30-42(31-27-36)54-59-51(39-18-9-3-10-19-39)56-52(60-54)40-20-11-4-12-21-40/h1-34H. The normalized spacial score (nSPS) is 11.3. The minimum absolute atomic E-state index is 0.640. The molecule has 8 aromatic carbocycles. The second-order valence-corrected chi connectivity index (χ2v) is 15.8. The average Bonchev–Trinajstić information content (AvgIpc) is 3.73. The summed E-state index contributed by atoms with van der Waals surface area (Å²) in [6, 6.07) is 70.8. The van der Waals surface area contributed by atoms with E-state index in [-0.39, 0.29) is 0 Å². The summed E-state index contributed by atoms with van der Waals surface area (Å²) in [5, 5.41) is 2.48. The van der Waals surface area contributed by atoms with E-state index in [1.807, 2.05) is 133 Å². The molecule has 0 fully saturated rings. The summed E-state index contributed by atoms with van der Waals surface area (Å²) in [7, 11) is 0. The van der Waals surface area contributed by atoms with Crippen LogP contribution in [0, 0.1) is 0 Å². The van der Waals surface area contributed by atoms with Gasteiger partial charge in [-0.25, -0.2) is 29.9 Å². The van der Waals surface area contributed by atoms with E-state index < -0.39 is 0 Å². The molecule has 3 aromatic heterocycles. The molecule has 0 saturated heterocycles. The number of thiophene rings is 1. The zero-order valence-corrected chi connectivity index (χ0v) is 33.5. The van der Waals surface area contributed by atoms with E-state index in [4.69, 9.17) is 29.9 Å². The first-order chi connectivity index (χ1) is 30.2. The predicted octanol–water partition coefficient (Wildman–Crippen LogP) is 13.8. The number of hydrogen-bond acceptors (Lipinski definition) is 7. The monoisotopic (exact) mass is 798 g/mol. The Morgan fingerprint density at radius 3 is 1.00 bits per heavy atom. The van der Waals surface area contributed by atoms with Crippen molar-refractivity contribution in [2.45, 2.75) is 0 Å². The zero-order valence-electron chi connectivity index (χ0n) is 32.7. The Kier molecular flexibility index (Phi) is 9.26. The van der Waals surface area contributed by atoms with Crippen LogP contribution in [-0.4, -0.2) is 29.9 Å². The molecule has 7 heteroatoms. The van der Waals surface area contributed by atoms with Gasteiger partial charge in [-0.3, -0.25) is 0 Å². The number of benzene rings is 8. The maximum atomic E-state index is 4.93. The number of rotatable bonds is 8. The third-order valence-corrected chi connectivity index (χ3v) is 12.0. The molecule has 0 bridgehead atoms. The molecule has 0 aliphatic carbocycles. The summed E-state index contributed by atoms with van der Waals surface area (Å²) in [4.78, 5) is 29.4. The van der Waals surface area contributed by atoms with Gasteiger partial charge in [0.15, 0.2) is 34.9 Å². The molecule has 0 unspecified atom stereocenters. The smallest absolute Gasteiger partial charge is 0.164 e. The van der Waals surface area contributed by atoms with Gasteiger partial charge in [-0.2, -0.15) is 0 Å². The second kappa shape index (κ2) is 15.6. The molecule has 11 rings (SSSR count). The fourth-order valence-corrected chi connectivity index (χ4v) is 8.91. The van der Waals surface area contributed by atoms with Crippen LogP contribution in [0.15, 0.2) is 206 Å². The van der Waals surface area contributed by atoms with Crippen molar-refractivity contribution in [3.63, 3.8) is 0 Å². The number of fused-ring (bicyclic) bond motifs is 3. The van der Waals surface area contributed by atoms with Crippen molar-refractivity contribution in [1.82, 2.24) is 29.9 Å². The van der Waals surface area contributed by atoms with E-state index in [0.717, 1.165) is 50.1 Å². The van der Waals surface area contributed by atoms with Crippen LogP contribution < -0.4 is 0 Å². The van der Waals surface area contributed by atoms with Crippen molar-refractivity contribution in [2.75, 3.05) is 0 Å². The molecule has 286 valence electrons. The Hall–Kier alpha value is -8.00. The first-order valence-corrected chi connectivity index (χ1v) is 20.9. The van der Waals surface area contributed by atoms with Crippen molar-refractivity contribution >= 4 is 31.5 Å². The Labute approximate surface area is 356 Å². The van der Waals surface area contributed by atoms with Gasteiger partial charge < -0.3 is 0 Å². The van der Waals surface area contributed by atoms with Crippen LogP contribution in [0.4, 0.5) is 0 Å². The van der Waals surface area contributed by atoms with Crippen LogP contribution in [0.2, 0.25) is 0 Å². The van der Waals surface area contributed by atoms with Gasteiger partial charge in [-0.05, 0) is 34.4 Å². The molecular weight excluding hydrogens is 765 g/mol. The number of nitrogens with zero attached hydrogens (tertiary/aromatic N) is 6. The lowest BCUT2D eigenvalue weighted by molar-refractivity contribution is 1.07. The van der Waals surface area contributed by atoms with Gasteiger partial charge in [0.1, 0.15) is 0 Å². The number of aromatic nitrogens is 6. The van der Waals surface area contributed by atoms with Crippen LogP contribution >= 0.6 is 11.3 Å². The molecule has 0 radical (unpaired) electrons. The van der Waals surface area contributed by atoms with Crippen molar-refractivity contribution < 1.29 is 0 Å². The minimum atomic E-state index is 0.640. The lowest BCUT2D eigenvalue weighted by Gasteiger charge is -2.09. The van der Waals surface area contributed by atoms with Crippen LogP contribution in [0.3, 0.4) is 0 Å². The third-order valence-electron chi connectivity index (χ3n) is 10.8. The SMILES string of the molecule is c1ccc(-c2nc(-c3ccccc3)nc(-c3ccc(-c4ccc5sc6c(-c7ccc(-c8nc(-c9ccccc9)nc(-c9ccccc9)n8)cc7)cccc6c5c4)cc3)n2)cc1. The summed E-state index contributed by atoms with van der Waals surface area (Å²) in [6.07, 6.45) is 0. The van der Waals surface area contributed by atoms with E-state index in [1.54, 1.807) is 0 Å². The molecule has 0 aliphatic heterocycles. The Morgan fingerprint density at radius 2 is 0.590 bits per heavy atom. The molecule has 61 heavy (non-hydrogen) atoms. The highest BCUT2D eigenvalue weighted by molar-refractivity contribution is 7.26. The second-order valence-electron chi connectivity index (χ2n) is 14.7. The average molecular weight is 799 g/mol. The maximum Gasteiger partial charge on any atom is 0.164 e. The van der Waals surface area contributed by atoms with Gasteiger partial charge in [-0.15, -0.1) is 11.3 Å². The first kappa shape index (κ1) is 36.1. The van der Waals surface area contributed by atoms with Crippen LogP contribution in [0.1, 0.15) is 0 Å².